The lowest BCUT2D eigenvalue weighted by Gasteiger charge is -2.15. The number of ether oxygens (including phenoxy) is 3. The fraction of sp³-hybridized carbons (Fsp3) is 0.400. The summed E-state index contributed by atoms with van der Waals surface area (Å²) < 4.78 is 16.6. The molecule has 0 unspecified atom stereocenters. The summed E-state index contributed by atoms with van der Waals surface area (Å²) >= 11 is 6.39. The molecule has 4 nitrogen and oxygen atoms in total. The lowest BCUT2D eigenvalue weighted by Crippen LogP contribution is -2.13. The Balaban J connectivity index is 2.00. The fourth-order valence-electron chi connectivity index (χ4n) is 2.43. The normalized spacial score (nSPS) is 10.6. The van der Waals surface area contributed by atoms with Gasteiger partial charge in [-0.2, -0.15) is 0 Å². The molecule has 0 radical (unpaired) electrons. The summed E-state index contributed by atoms with van der Waals surface area (Å²) in [5, 5.41) is 4.00. The van der Waals surface area contributed by atoms with Gasteiger partial charge in [-0.3, -0.25) is 0 Å². The van der Waals surface area contributed by atoms with Crippen molar-refractivity contribution in [1.29, 1.82) is 0 Å². The lowest BCUT2D eigenvalue weighted by atomic mass is 10.1. The number of hydrogen-bond donors (Lipinski definition) is 1. The van der Waals surface area contributed by atoms with Crippen LogP contribution in [0.2, 0.25) is 5.02 Å². The van der Waals surface area contributed by atoms with Crippen LogP contribution in [0.3, 0.4) is 0 Å². The van der Waals surface area contributed by atoms with E-state index in [4.69, 9.17) is 25.8 Å². The van der Waals surface area contributed by atoms with Crippen LogP contribution < -0.4 is 19.5 Å². The Morgan fingerprint density at radius 3 is 2.32 bits per heavy atom. The lowest BCUT2D eigenvalue weighted by molar-refractivity contribution is 0.277. The quantitative estimate of drug-likeness (QED) is 0.656. The number of methoxy groups -OCH3 is 1. The molecule has 2 aromatic carbocycles. The summed E-state index contributed by atoms with van der Waals surface area (Å²) in [6.45, 7) is 6.66. The van der Waals surface area contributed by atoms with E-state index in [1.165, 1.54) is 5.56 Å². The second-order valence-electron chi connectivity index (χ2n) is 5.64. The number of rotatable bonds is 10. The molecule has 2 rings (SSSR count). The van der Waals surface area contributed by atoms with E-state index in [1.54, 1.807) is 7.11 Å². The zero-order valence-corrected chi connectivity index (χ0v) is 15.9. The summed E-state index contributed by atoms with van der Waals surface area (Å²) in [5.74, 6) is 2.19. The smallest absolute Gasteiger partial charge is 0.179 e. The zero-order chi connectivity index (χ0) is 18.1. The Hall–Kier alpha value is -1.91. The van der Waals surface area contributed by atoms with Crippen LogP contribution in [0.25, 0.3) is 0 Å². The third-order valence-corrected chi connectivity index (χ3v) is 3.92. The van der Waals surface area contributed by atoms with Crippen LogP contribution in [0.5, 0.6) is 17.2 Å². The highest BCUT2D eigenvalue weighted by Gasteiger charge is 2.12. The van der Waals surface area contributed by atoms with Crippen LogP contribution in [0.1, 0.15) is 31.4 Å². The summed E-state index contributed by atoms with van der Waals surface area (Å²) in [4.78, 5) is 0. The molecule has 1 N–H and O–H groups in total. The van der Waals surface area contributed by atoms with Crippen LogP contribution in [0.15, 0.2) is 36.4 Å². The molecule has 0 spiro atoms. The Kier molecular flexibility index (Phi) is 7.89. The van der Waals surface area contributed by atoms with E-state index in [9.17, 15) is 0 Å². The average molecular weight is 364 g/mol. The van der Waals surface area contributed by atoms with Crippen LogP contribution in [-0.4, -0.2) is 20.3 Å². The molecule has 5 heteroatoms. The zero-order valence-electron chi connectivity index (χ0n) is 15.1. The van der Waals surface area contributed by atoms with Crippen molar-refractivity contribution in [3.63, 3.8) is 0 Å². The molecule has 25 heavy (non-hydrogen) atoms. The number of nitrogens with one attached hydrogen (secondary N) is 1. The van der Waals surface area contributed by atoms with Gasteiger partial charge >= 0.3 is 0 Å². The first-order valence-electron chi connectivity index (χ1n) is 8.59. The van der Waals surface area contributed by atoms with E-state index in [0.29, 0.717) is 36.3 Å². The topological polar surface area (TPSA) is 39.7 Å². The number of hydrogen-bond acceptors (Lipinski definition) is 4. The summed E-state index contributed by atoms with van der Waals surface area (Å²) in [7, 11) is 1.67. The maximum absolute atomic E-state index is 6.39. The van der Waals surface area contributed by atoms with Gasteiger partial charge in [-0.1, -0.05) is 30.7 Å². The molecule has 0 atom stereocenters. The Morgan fingerprint density at radius 1 is 0.960 bits per heavy atom. The molecule has 0 aromatic heterocycles. The minimum absolute atomic E-state index is 0.571. The van der Waals surface area contributed by atoms with Gasteiger partial charge in [0.2, 0.25) is 0 Å². The predicted octanol–water partition coefficient (Wildman–Crippen LogP) is 4.83. The third kappa shape index (κ3) is 5.83. The average Bonchev–Trinajstić information content (AvgIpc) is 2.62. The minimum atomic E-state index is 0.571. The van der Waals surface area contributed by atoms with Crippen molar-refractivity contribution in [2.24, 2.45) is 0 Å². The van der Waals surface area contributed by atoms with E-state index in [-0.39, 0.29) is 0 Å². The molecule has 0 saturated heterocycles. The van der Waals surface area contributed by atoms with Crippen LogP contribution in [-0.2, 0) is 13.1 Å². The van der Waals surface area contributed by atoms with Crippen LogP contribution in [0.4, 0.5) is 0 Å². The largest absolute Gasteiger partial charge is 0.497 e. The van der Waals surface area contributed by atoms with Crippen LogP contribution >= 0.6 is 11.6 Å². The van der Waals surface area contributed by atoms with Crippen molar-refractivity contribution in [3.05, 3.63) is 52.5 Å². The number of halogens is 1. The predicted molar refractivity (Wildman–Crippen MR) is 102 cm³/mol. The molecule has 2 aromatic rings. The highest BCUT2D eigenvalue weighted by atomic mass is 35.5. The summed E-state index contributed by atoms with van der Waals surface area (Å²) in [6.07, 6.45) is 0.924. The molecular weight excluding hydrogens is 338 g/mol. The molecular formula is C20H26ClNO3. The van der Waals surface area contributed by atoms with Gasteiger partial charge in [0.05, 0.1) is 25.3 Å². The van der Waals surface area contributed by atoms with Gasteiger partial charge < -0.3 is 19.5 Å². The monoisotopic (exact) mass is 363 g/mol. The van der Waals surface area contributed by atoms with Crippen molar-refractivity contribution in [3.8, 4) is 17.2 Å². The first-order valence-corrected chi connectivity index (χ1v) is 8.97. The van der Waals surface area contributed by atoms with E-state index < -0.39 is 0 Å². The standard InChI is InChI=1S/C20H26ClNO3/c1-4-10-25-20-18(21)11-16(12-19(20)24-5-2)14-22-13-15-6-8-17(23-3)9-7-15/h6-9,11-12,22H,4-5,10,13-14H2,1-3H3. The maximum Gasteiger partial charge on any atom is 0.179 e. The van der Waals surface area contributed by atoms with Crippen molar-refractivity contribution in [2.75, 3.05) is 20.3 Å². The van der Waals surface area contributed by atoms with Crippen molar-refractivity contribution >= 4 is 11.6 Å². The highest BCUT2D eigenvalue weighted by molar-refractivity contribution is 6.32. The molecule has 0 aliphatic rings. The summed E-state index contributed by atoms with van der Waals surface area (Å²) in [5.41, 5.74) is 2.26. The van der Waals surface area contributed by atoms with Gasteiger partial charge in [0.25, 0.3) is 0 Å². The molecule has 0 heterocycles. The Morgan fingerprint density at radius 2 is 1.68 bits per heavy atom. The molecule has 0 fully saturated rings. The van der Waals surface area contributed by atoms with Gasteiger partial charge in [-0.15, -0.1) is 0 Å². The van der Waals surface area contributed by atoms with Crippen molar-refractivity contribution < 1.29 is 14.2 Å². The van der Waals surface area contributed by atoms with E-state index in [0.717, 1.165) is 24.3 Å². The van der Waals surface area contributed by atoms with Crippen molar-refractivity contribution in [1.82, 2.24) is 5.32 Å². The Bertz CT molecular complexity index is 659. The fourth-order valence-corrected chi connectivity index (χ4v) is 2.71. The second-order valence-corrected chi connectivity index (χ2v) is 6.05. The van der Waals surface area contributed by atoms with Gasteiger partial charge in [0, 0.05) is 13.1 Å². The Labute approximate surface area is 155 Å². The van der Waals surface area contributed by atoms with Crippen molar-refractivity contribution in [2.45, 2.75) is 33.4 Å². The first kappa shape index (κ1) is 19.4. The van der Waals surface area contributed by atoms with Gasteiger partial charge in [-0.25, -0.2) is 0 Å². The van der Waals surface area contributed by atoms with Gasteiger partial charge in [0.1, 0.15) is 5.75 Å². The van der Waals surface area contributed by atoms with Gasteiger partial charge in [-0.05, 0) is 48.7 Å². The van der Waals surface area contributed by atoms with E-state index in [1.807, 2.05) is 43.3 Å². The number of benzene rings is 2. The summed E-state index contributed by atoms with van der Waals surface area (Å²) in [6, 6.07) is 11.9. The highest BCUT2D eigenvalue weighted by Crippen LogP contribution is 2.36. The second kappa shape index (κ2) is 10.2. The first-order chi connectivity index (χ1) is 12.2. The van der Waals surface area contributed by atoms with Gasteiger partial charge in [0.15, 0.2) is 11.5 Å². The maximum atomic E-state index is 6.39. The third-order valence-electron chi connectivity index (χ3n) is 3.64. The van der Waals surface area contributed by atoms with Crippen LogP contribution in [0, 0.1) is 0 Å². The SMILES string of the molecule is CCCOc1c(Cl)cc(CNCc2ccc(OC)cc2)cc1OCC. The van der Waals surface area contributed by atoms with E-state index >= 15 is 0 Å². The molecule has 0 amide bonds. The molecule has 136 valence electrons. The molecule has 0 bridgehead atoms. The minimum Gasteiger partial charge on any atom is -0.497 e. The molecule has 0 saturated carbocycles. The molecule has 0 aliphatic heterocycles. The molecule has 0 aliphatic carbocycles. The van der Waals surface area contributed by atoms with E-state index in [2.05, 4.69) is 12.2 Å².